The topological polar surface area (TPSA) is 42.4 Å². The van der Waals surface area contributed by atoms with Crippen molar-refractivity contribution in [3.8, 4) is 0 Å². The summed E-state index contributed by atoms with van der Waals surface area (Å²) in [5, 5.41) is 0.681. The Kier molecular flexibility index (Phi) is 4.89. The van der Waals surface area contributed by atoms with Gasteiger partial charge in [-0.15, -0.1) is 0 Å². The molecule has 0 spiro atoms. The summed E-state index contributed by atoms with van der Waals surface area (Å²) in [5.41, 5.74) is 1.09. The molecule has 26 heavy (non-hydrogen) atoms. The number of hydrogen-bond acceptors (Lipinski definition) is 4. The maximum atomic E-state index is 13.4. The Morgan fingerprint density at radius 2 is 2.19 bits per heavy atom. The van der Waals surface area contributed by atoms with E-state index in [1.165, 1.54) is 23.5 Å². The molecule has 1 aromatic heterocycles. The molecular formula is C19H16ClFN2O2S. The number of carbonyl (C=O) groups excluding carboxylic acids is 1. The van der Waals surface area contributed by atoms with Gasteiger partial charge in [0.2, 0.25) is 0 Å². The van der Waals surface area contributed by atoms with Gasteiger partial charge in [0.25, 0.3) is 5.91 Å². The van der Waals surface area contributed by atoms with Gasteiger partial charge in [0.1, 0.15) is 5.82 Å². The van der Waals surface area contributed by atoms with Crippen molar-refractivity contribution < 1.29 is 13.9 Å². The Morgan fingerprint density at radius 3 is 2.92 bits per heavy atom. The minimum Gasteiger partial charge on any atom is -0.376 e. The van der Waals surface area contributed by atoms with E-state index in [-0.39, 0.29) is 22.6 Å². The molecule has 7 heteroatoms. The van der Waals surface area contributed by atoms with E-state index in [9.17, 15) is 9.18 Å². The molecule has 1 aliphatic rings. The third kappa shape index (κ3) is 3.45. The molecule has 0 bridgehead atoms. The Morgan fingerprint density at radius 1 is 1.35 bits per heavy atom. The van der Waals surface area contributed by atoms with Crippen molar-refractivity contribution in [3.05, 3.63) is 58.9 Å². The van der Waals surface area contributed by atoms with E-state index in [0.717, 1.165) is 29.1 Å². The molecule has 2 heterocycles. The first-order valence-electron chi connectivity index (χ1n) is 8.36. The molecule has 0 saturated carbocycles. The largest absolute Gasteiger partial charge is 0.376 e. The van der Waals surface area contributed by atoms with Crippen molar-refractivity contribution in [2.75, 3.05) is 18.1 Å². The van der Waals surface area contributed by atoms with Crippen LogP contribution in [0.25, 0.3) is 10.2 Å². The van der Waals surface area contributed by atoms with Crippen LogP contribution in [-0.2, 0) is 4.74 Å². The normalized spacial score (nSPS) is 16.9. The van der Waals surface area contributed by atoms with Gasteiger partial charge in [-0.1, -0.05) is 35.1 Å². The number of carbonyl (C=O) groups is 1. The van der Waals surface area contributed by atoms with E-state index in [2.05, 4.69) is 4.98 Å². The molecule has 1 saturated heterocycles. The second-order valence-electron chi connectivity index (χ2n) is 6.14. The van der Waals surface area contributed by atoms with Gasteiger partial charge in [-0.05, 0) is 43.2 Å². The second kappa shape index (κ2) is 7.31. The summed E-state index contributed by atoms with van der Waals surface area (Å²) in [6.45, 7) is 1.09. The summed E-state index contributed by atoms with van der Waals surface area (Å²) < 4.78 is 20.1. The van der Waals surface area contributed by atoms with Gasteiger partial charge in [0.15, 0.2) is 5.13 Å². The van der Waals surface area contributed by atoms with Crippen molar-refractivity contribution >= 4 is 44.2 Å². The standard InChI is InChI=1S/C19H16ClFN2O2S/c20-15-10-12(21)7-8-14(15)18(24)23(11-13-4-3-9-25-13)19-22-16-5-1-2-6-17(16)26-19/h1-2,5-8,10,13H,3-4,9,11H2/t13-/m1/s1. The van der Waals surface area contributed by atoms with E-state index in [1.54, 1.807) is 4.90 Å². The van der Waals surface area contributed by atoms with Gasteiger partial charge in [-0.3, -0.25) is 9.69 Å². The molecule has 3 aromatic rings. The number of aromatic nitrogens is 1. The van der Waals surface area contributed by atoms with Crippen LogP contribution in [0.1, 0.15) is 23.2 Å². The number of halogens is 2. The number of rotatable bonds is 4. The lowest BCUT2D eigenvalue weighted by Crippen LogP contribution is -2.37. The molecule has 0 aliphatic carbocycles. The predicted octanol–water partition coefficient (Wildman–Crippen LogP) is 4.91. The molecule has 1 amide bonds. The fourth-order valence-electron chi connectivity index (χ4n) is 3.02. The third-order valence-corrected chi connectivity index (χ3v) is 5.70. The van der Waals surface area contributed by atoms with Gasteiger partial charge in [0.05, 0.1) is 33.5 Å². The molecule has 1 fully saturated rings. The van der Waals surface area contributed by atoms with E-state index in [4.69, 9.17) is 16.3 Å². The molecule has 4 rings (SSSR count). The second-order valence-corrected chi connectivity index (χ2v) is 7.56. The van der Waals surface area contributed by atoms with Crippen molar-refractivity contribution in [1.29, 1.82) is 0 Å². The molecule has 0 unspecified atom stereocenters. The average molecular weight is 391 g/mol. The SMILES string of the molecule is O=C(c1ccc(F)cc1Cl)N(C[C@H]1CCCO1)c1nc2ccccc2s1. The number of ether oxygens (including phenoxy) is 1. The van der Waals surface area contributed by atoms with Crippen LogP contribution in [0.3, 0.4) is 0 Å². The minimum absolute atomic E-state index is 0.0369. The number of anilines is 1. The summed E-state index contributed by atoms with van der Waals surface area (Å²) in [7, 11) is 0. The van der Waals surface area contributed by atoms with Crippen LogP contribution in [0.5, 0.6) is 0 Å². The fraction of sp³-hybridized carbons (Fsp3) is 0.263. The van der Waals surface area contributed by atoms with Crippen molar-refractivity contribution in [3.63, 3.8) is 0 Å². The highest BCUT2D eigenvalue weighted by atomic mass is 35.5. The average Bonchev–Trinajstić information content (AvgIpc) is 3.28. The summed E-state index contributed by atoms with van der Waals surface area (Å²) in [6.07, 6.45) is 1.83. The third-order valence-electron chi connectivity index (χ3n) is 4.33. The maximum Gasteiger partial charge on any atom is 0.261 e. The van der Waals surface area contributed by atoms with E-state index < -0.39 is 5.82 Å². The molecular weight excluding hydrogens is 375 g/mol. The van der Waals surface area contributed by atoms with Crippen LogP contribution in [0.4, 0.5) is 9.52 Å². The van der Waals surface area contributed by atoms with Crippen molar-refractivity contribution in [2.45, 2.75) is 18.9 Å². The van der Waals surface area contributed by atoms with Crippen molar-refractivity contribution in [1.82, 2.24) is 4.98 Å². The first-order valence-corrected chi connectivity index (χ1v) is 9.55. The zero-order valence-corrected chi connectivity index (χ0v) is 15.4. The number of hydrogen-bond donors (Lipinski definition) is 0. The van der Waals surface area contributed by atoms with Gasteiger partial charge >= 0.3 is 0 Å². The van der Waals surface area contributed by atoms with Gasteiger partial charge in [0, 0.05) is 6.61 Å². The Labute approximate surface area is 159 Å². The zero-order valence-electron chi connectivity index (χ0n) is 13.8. The van der Waals surface area contributed by atoms with Crippen molar-refractivity contribution in [2.24, 2.45) is 0 Å². The number of fused-ring (bicyclic) bond motifs is 1. The molecule has 134 valence electrons. The minimum atomic E-state index is -0.475. The molecule has 2 aromatic carbocycles. The van der Waals surface area contributed by atoms with Crippen LogP contribution in [0, 0.1) is 5.82 Å². The highest BCUT2D eigenvalue weighted by Crippen LogP contribution is 2.31. The fourth-order valence-corrected chi connectivity index (χ4v) is 4.24. The Bertz CT molecular complexity index is 923. The molecule has 1 atom stereocenters. The van der Waals surface area contributed by atoms with E-state index >= 15 is 0 Å². The number of amides is 1. The van der Waals surface area contributed by atoms with Crippen LogP contribution in [0.15, 0.2) is 42.5 Å². The van der Waals surface area contributed by atoms with Gasteiger partial charge in [-0.25, -0.2) is 9.37 Å². The highest BCUT2D eigenvalue weighted by Gasteiger charge is 2.28. The lowest BCUT2D eigenvalue weighted by Gasteiger charge is -2.23. The quantitative estimate of drug-likeness (QED) is 0.635. The predicted molar refractivity (Wildman–Crippen MR) is 102 cm³/mol. The molecule has 4 nitrogen and oxygen atoms in total. The Balaban J connectivity index is 1.72. The number of thiazole rings is 1. The summed E-state index contributed by atoms with van der Waals surface area (Å²) in [6, 6.07) is 11.5. The first kappa shape index (κ1) is 17.4. The van der Waals surface area contributed by atoms with Crippen LogP contribution < -0.4 is 4.90 Å². The van der Waals surface area contributed by atoms with E-state index in [0.29, 0.717) is 18.3 Å². The highest BCUT2D eigenvalue weighted by molar-refractivity contribution is 7.22. The van der Waals surface area contributed by atoms with Gasteiger partial charge < -0.3 is 4.74 Å². The van der Waals surface area contributed by atoms with Crippen LogP contribution in [0.2, 0.25) is 5.02 Å². The summed E-state index contributed by atoms with van der Waals surface area (Å²) in [4.78, 5) is 19.4. The Hall–Kier alpha value is -2.02. The first-order chi connectivity index (χ1) is 12.6. The monoisotopic (exact) mass is 390 g/mol. The number of nitrogens with zero attached hydrogens (tertiary/aromatic N) is 2. The van der Waals surface area contributed by atoms with E-state index in [1.807, 2.05) is 24.3 Å². The molecule has 1 aliphatic heterocycles. The lowest BCUT2D eigenvalue weighted by atomic mass is 10.1. The number of para-hydroxylation sites is 1. The smallest absolute Gasteiger partial charge is 0.261 e. The summed E-state index contributed by atoms with van der Waals surface area (Å²) in [5.74, 6) is -0.776. The molecule has 0 radical (unpaired) electrons. The van der Waals surface area contributed by atoms with Gasteiger partial charge in [-0.2, -0.15) is 0 Å². The number of benzene rings is 2. The van der Waals surface area contributed by atoms with Crippen LogP contribution >= 0.6 is 22.9 Å². The zero-order chi connectivity index (χ0) is 18.1. The maximum absolute atomic E-state index is 13.4. The lowest BCUT2D eigenvalue weighted by molar-refractivity contribution is 0.0917. The van der Waals surface area contributed by atoms with Crippen LogP contribution in [-0.4, -0.2) is 30.1 Å². The summed E-state index contributed by atoms with van der Waals surface area (Å²) >= 11 is 7.56. The molecule has 0 N–H and O–H groups in total.